The SMILES string of the molecule is COC(=O)CCS(=O)(=O)N1CCOCC1. The van der Waals surface area contributed by atoms with E-state index in [4.69, 9.17) is 4.74 Å². The fourth-order valence-electron chi connectivity index (χ4n) is 1.27. The Balaban J connectivity index is 2.46. The molecule has 0 N–H and O–H groups in total. The summed E-state index contributed by atoms with van der Waals surface area (Å²) in [6.45, 7) is 1.56. The van der Waals surface area contributed by atoms with Crippen molar-refractivity contribution in [2.24, 2.45) is 0 Å². The van der Waals surface area contributed by atoms with E-state index in [0.29, 0.717) is 26.3 Å². The summed E-state index contributed by atoms with van der Waals surface area (Å²) in [4.78, 5) is 10.8. The predicted octanol–water partition coefficient (Wildman–Crippen LogP) is -0.788. The largest absolute Gasteiger partial charge is 0.469 e. The summed E-state index contributed by atoms with van der Waals surface area (Å²) in [7, 11) is -2.10. The number of morpholine rings is 1. The third kappa shape index (κ3) is 3.77. The van der Waals surface area contributed by atoms with Crippen molar-refractivity contribution in [3.05, 3.63) is 0 Å². The number of rotatable bonds is 4. The highest BCUT2D eigenvalue weighted by Gasteiger charge is 2.24. The number of hydrogen-bond donors (Lipinski definition) is 0. The highest BCUT2D eigenvalue weighted by Crippen LogP contribution is 2.07. The molecule has 88 valence electrons. The highest BCUT2D eigenvalue weighted by molar-refractivity contribution is 7.89. The molecule has 0 bridgehead atoms. The zero-order valence-corrected chi connectivity index (χ0v) is 9.46. The smallest absolute Gasteiger partial charge is 0.306 e. The molecular formula is C8H15NO5S. The van der Waals surface area contributed by atoms with Crippen LogP contribution in [0.5, 0.6) is 0 Å². The minimum absolute atomic E-state index is 0.101. The van der Waals surface area contributed by atoms with Gasteiger partial charge in [-0.3, -0.25) is 4.79 Å². The van der Waals surface area contributed by atoms with Crippen LogP contribution in [0.1, 0.15) is 6.42 Å². The number of nitrogens with zero attached hydrogens (tertiary/aromatic N) is 1. The van der Waals surface area contributed by atoms with Gasteiger partial charge in [-0.1, -0.05) is 0 Å². The highest BCUT2D eigenvalue weighted by atomic mass is 32.2. The first kappa shape index (κ1) is 12.4. The van der Waals surface area contributed by atoms with Crippen LogP contribution in [-0.4, -0.2) is 57.9 Å². The second kappa shape index (κ2) is 5.43. The monoisotopic (exact) mass is 237 g/mol. The van der Waals surface area contributed by atoms with Crippen LogP contribution in [0, 0.1) is 0 Å². The van der Waals surface area contributed by atoms with Crippen molar-refractivity contribution in [2.45, 2.75) is 6.42 Å². The van der Waals surface area contributed by atoms with E-state index >= 15 is 0 Å². The maximum atomic E-state index is 11.7. The molecule has 0 aromatic heterocycles. The third-order valence-corrected chi connectivity index (χ3v) is 4.03. The van der Waals surface area contributed by atoms with Gasteiger partial charge in [-0.2, -0.15) is 4.31 Å². The van der Waals surface area contributed by atoms with Crippen molar-refractivity contribution in [1.82, 2.24) is 4.31 Å². The number of carbonyl (C=O) groups is 1. The lowest BCUT2D eigenvalue weighted by atomic mass is 10.5. The quantitative estimate of drug-likeness (QED) is 0.599. The molecule has 0 unspecified atom stereocenters. The van der Waals surface area contributed by atoms with Gasteiger partial charge in [0.2, 0.25) is 10.0 Å². The summed E-state index contributed by atoms with van der Waals surface area (Å²) < 4.78 is 34.1. The average Bonchev–Trinajstić information content (AvgIpc) is 2.27. The Morgan fingerprint density at radius 3 is 2.53 bits per heavy atom. The molecule has 7 heteroatoms. The van der Waals surface area contributed by atoms with E-state index in [1.54, 1.807) is 0 Å². The number of methoxy groups -OCH3 is 1. The van der Waals surface area contributed by atoms with Gasteiger partial charge in [-0.15, -0.1) is 0 Å². The van der Waals surface area contributed by atoms with Gasteiger partial charge in [0, 0.05) is 13.1 Å². The van der Waals surface area contributed by atoms with E-state index in [1.807, 2.05) is 0 Å². The molecule has 0 spiro atoms. The Morgan fingerprint density at radius 1 is 1.40 bits per heavy atom. The van der Waals surface area contributed by atoms with Gasteiger partial charge >= 0.3 is 5.97 Å². The first-order valence-corrected chi connectivity index (χ1v) is 6.29. The van der Waals surface area contributed by atoms with Crippen molar-refractivity contribution >= 4 is 16.0 Å². The molecule has 0 amide bonds. The van der Waals surface area contributed by atoms with Gasteiger partial charge in [0.1, 0.15) is 0 Å². The Bertz CT molecular complexity index is 307. The molecule has 1 heterocycles. The van der Waals surface area contributed by atoms with E-state index < -0.39 is 16.0 Å². The molecule has 1 saturated heterocycles. The first-order chi connectivity index (χ1) is 7.06. The van der Waals surface area contributed by atoms with Crippen LogP contribution < -0.4 is 0 Å². The van der Waals surface area contributed by atoms with Crippen LogP contribution in [0.2, 0.25) is 0 Å². The first-order valence-electron chi connectivity index (χ1n) is 4.68. The van der Waals surface area contributed by atoms with E-state index in [2.05, 4.69) is 4.74 Å². The minimum atomic E-state index is -3.34. The average molecular weight is 237 g/mol. The van der Waals surface area contributed by atoms with E-state index in [1.165, 1.54) is 11.4 Å². The molecule has 0 aromatic rings. The maximum Gasteiger partial charge on any atom is 0.306 e. The maximum absolute atomic E-state index is 11.7. The molecule has 0 radical (unpaired) electrons. The predicted molar refractivity (Wildman–Crippen MR) is 52.8 cm³/mol. The molecule has 0 aliphatic carbocycles. The van der Waals surface area contributed by atoms with Crippen LogP contribution in [-0.2, 0) is 24.3 Å². The Morgan fingerprint density at radius 2 is 2.00 bits per heavy atom. The third-order valence-electron chi connectivity index (χ3n) is 2.16. The van der Waals surface area contributed by atoms with E-state index in [-0.39, 0.29) is 12.2 Å². The van der Waals surface area contributed by atoms with Gasteiger partial charge in [0.05, 0.1) is 32.5 Å². The van der Waals surface area contributed by atoms with Gasteiger partial charge in [0.25, 0.3) is 0 Å². The molecule has 0 aromatic carbocycles. The van der Waals surface area contributed by atoms with Gasteiger partial charge in [-0.25, -0.2) is 8.42 Å². The van der Waals surface area contributed by atoms with Crippen molar-refractivity contribution in [1.29, 1.82) is 0 Å². The Kier molecular flexibility index (Phi) is 4.49. The number of ether oxygens (including phenoxy) is 2. The lowest BCUT2D eigenvalue weighted by molar-refractivity contribution is -0.140. The van der Waals surface area contributed by atoms with Crippen molar-refractivity contribution < 1.29 is 22.7 Å². The second-order valence-corrected chi connectivity index (χ2v) is 5.24. The fourth-order valence-corrected chi connectivity index (χ4v) is 2.66. The molecule has 1 fully saturated rings. The van der Waals surface area contributed by atoms with Crippen LogP contribution >= 0.6 is 0 Å². The minimum Gasteiger partial charge on any atom is -0.469 e. The molecule has 1 aliphatic heterocycles. The normalized spacial score (nSPS) is 18.7. The number of esters is 1. The van der Waals surface area contributed by atoms with Crippen molar-refractivity contribution in [2.75, 3.05) is 39.2 Å². The molecule has 1 rings (SSSR count). The summed E-state index contributed by atoms with van der Waals surface area (Å²) in [6.07, 6.45) is -0.101. The topological polar surface area (TPSA) is 72.9 Å². The zero-order chi connectivity index (χ0) is 11.3. The van der Waals surface area contributed by atoms with Crippen LogP contribution in [0.4, 0.5) is 0 Å². The lowest BCUT2D eigenvalue weighted by Crippen LogP contribution is -2.42. The summed E-state index contributed by atoms with van der Waals surface area (Å²) in [5, 5.41) is 0. The van der Waals surface area contributed by atoms with Crippen LogP contribution in [0.25, 0.3) is 0 Å². The zero-order valence-electron chi connectivity index (χ0n) is 8.64. The molecule has 1 aliphatic rings. The van der Waals surface area contributed by atoms with Gasteiger partial charge < -0.3 is 9.47 Å². The molecular weight excluding hydrogens is 222 g/mol. The van der Waals surface area contributed by atoms with Crippen LogP contribution in [0.15, 0.2) is 0 Å². The molecule has 0 saturated carbocycles. The van der Waals surface area contributed by atoms with E-state index in [9.17, 15) is 13.2 Å². The summed E-state index contributed by atoms with van der Waals surface area (Å²) in [5.41, 5.74) is 0. The number of sulfonamides is 1. The summed E-state index contributed by atoms with van der Waals surface area (Å²) >= 11 is 0. The van der Waals surface area contributed by atoms with Crippen molar-refractivity contribution in [3.8, 4) is 0 Å². The summed E-state index contributed by atoms with van der Waals surface area (Å²) in [6, 6.07) is 0. The lowest BCUT2D eigenvalue weighted by Gasteiger charge is -2.25. The fraction of sp³-hybridized carbons (Fsp3) is 0.875. The van der Waals surface area contributed by atoms with E-state index in [0.717, 1.165) is 0 Å². The van der Waals surface area contributed by atoms with Crippen molar-refractivity contribution in [3.63, 3.8) is 0 Å². The van der Waals surface area contributed by atoms with Crippen LogP contribution in [0.3, 0.4) is 0 Å². The Hall–Kier alpha value is -0.660. The number of carbonyl (C=O) groups excluding carboxylic acids is 1. The summed E-state index contributed by atoms with van der Waals surface area (Å²) in [5.74, 6) is -0.702. The van der Waals surface area contributed by atoms with Gasteiger partial charge in [0.15, 0.2) is 0 Å². The standard InChI is InChI=1S/C8H15NO5S/c1-13-8(10)2-7-15(11,12)9-3-5-14-6-4-9/h2-7H2,1H3. The van der Waals surface area contributed by atoms with Gasteiger partial charge in [-0.05, 0) is 0 Å². The molecule has 15 heavy (non-hydrogen) atoms. The molecule has 6 nitrogen and oxygen atoms in total. The second-order valence-electron chi connectivity index (χ2n) is 3.15. The Labute approximate surface area is 89.2 Å². The molecule has 0 atom stereocenters. The number of hydrogen-bond acceptors (Lipinski definition) is 5.